The topological polar surface area (TPSA) is 135 Å². The predicted octanol–water partition coefficient (Wildman–Crippen LogP) is 3.51. The van der Waals surface area contributed by atoms with Crippen LogP contribution < -0.4 is 0 Å². The first-order valence-electron chi connectivity index (χ1n) is 9.41. The molecule has 0 fully saturated rings. The monoisotopic (exact) mass is 482 g/mol. The molecule has 2 aromatic heterocycles. The second kappa shape index (κ2) is 8.85. The Morgan fingerprint density at radius 2 is 1.73 bits per heavy atom. The van der Waals surface area contributed by atoms with Gasteiger partial charge in [-0.1, -0.05) is 41.9 Å². The first-order valence-corrected chi connectivity index (χ1v) is 11.2. The highest BCUT2D eigenvalue weighted by molar-refractivity contribution is 7.90. The number of allylic oxidation sites excluding steroid dienone is 1. The lowest BCUT2D eigenvalue weighted by molar-refractivity contribution is 0.102. The van der Waals surface area contributed by atoms with Gasteiger partial charge in [-0.25, -0.2) is 17.4 Å². The zero-order valence-electron chi connectivity index (χ0n) is 16.7. The Labute approximate surface area is 193 Å². The van der Waals surface area contributed by atoms with Crippen LogP contribution in [0, 0.1) is 0 Å². The van der Waals surface area contributed by atoms with Crippen molar-refractivity contribution in [3.63, 3.8) is 0 Å². The molecule has 0 unspecified atom stereocenters. The van der Waals surface area contributed by atoms with Crippen molar-refractivity contribution in [2.45, 2.75) is 4.90 Å². The normalized spacial score (nSPS) is 12.0. The van der Waals surface area contributed by atoms with Crippen molar-refractivity contribution in [2.24, 2.45) is 0 Å². The van der Waals surface area contributed by atoms with Gasteiger partial charge in [0.25, 0.3) is 10.0 Å². The second-order valence-electron chi connectivity index (χ2n) is 6.79. The molecule has 0 bridgehead atoms. The number of aromatic nitrogens is 4. The largest absolute Gasteiger partial charge is 0.507 e. The number of aromatic amines is 1. The fraction of sp³-hybridized carbons (Fsp3) is 0. The lowest BCUT2D eigenvalue weighted by Gasteiger charge is -2.10. The number of nitrogens with zero attached hydrogens (tertiary/aromatic N) is 3. The minimum Gasteiger partial charge on any atom is -0.507 e. The van der Waals surface area contributed by atoms with Gasteiger partial charge in [-0.3, -0.25) is 14.7 Å². The van der Waals surface area contributed by atoms with E-state index in [0.29, 0.717) is 5.02 Å². The van der Waals surface area contributed by atoms with Crippen molar-refractivity contribution >= 4 is 38.9 Å². The maximum atomic E-state index is 13.3. The van der Waals surface area contributed by atoms with Crippen molar-refractivity contribution in [1.82, 2.24) is 19.2 Å². The van der Waals surface area contributed by atoms with E-state index in [1.54, 1.807) is 18.2 Å². The Bertz CT molecular complexity index is 1460. The molecular formula is C22H15ClN4O5S. The first-order chi connectivity index (χ1) is 15.8. The van der Waals surface area contributed by atoms with E-state index in [2.05, 4.69) is 15.2 Å². The van der Waals surface area contributed by atoms with Crippen molar-refractivity contribution < 1.29 is 23.1 Å². The molecule has 0 atom stereocenters. The van der Waals surface area contributed by atoms with Gasteiger partial charge in [0.05, 0.1) is 4.90 Å². The Balaban J connectivity index is 1.84. The average Bonchev–Trinajstić information content (AvgIpc) is 3.50. The van der Waals surface area contributed by atoms with Crippen LogP contribution in [0.4, 0.5) is 0 Å². The zero-order valence-corrected chi connectivity index (χ0v) is 18.3. The molecule has 0 saturated heterocycles. The molecule has 33 heavy (non-hydrogen) atoms. The van der Waals surface area contributed by atoms with Gasteiger partial charge in [0.2, 0.25) is 11.6 Å². The van der Waals surface area contributed by atoms with E-state index < -0.39 is 27.3 Å². The Morgan fingerprint density at radius 3 is 2.36 bits per heavy atom. The number of halogens is 1. The summed E-state index contributed by atoms with van der Waals surface area (Å²) >= 11 is 5.87. The molecule has 0 aliphatic heterocycles. The van der Waals surface area contributed by atoms with Gasteiger partial charge in [-0.15, -0.1) is 0 Å². The third-order valence-electron chi connectivity index (χ3n) is 4.64. The van der Waals surface area contributed by atoms with E-state index in [1.807, 2.05) is 0 Å². The molecule has 0 aliphatic carbocycles. The SMILES string of the molecule is O=C(C=C(O)c1cc(C(=O)c2ccccc2)n(S(=O)(=O)c2ccc(Cl)cc2)c1)c1ncn[nH]1. The molecule has 0 saturated carbocycles. The lowest BCUT2D eigenvalue weighted by Crippen LogP contribution is -2.18. The Hall–Kier alpha value is -4.02. The predicted molar refractivity (Wildman–Crippen MR) is 120 cm³/mol. The number of benzene rings is 2. The average molecular weight is 483 g/mol. The number of aliphatic hydroxyl groups is 1. The molecule has 2 aromatic carbocycles. The molecule has 11 heteroatoms. The van der Waals surface area contributed by atoms with Crippen LogP contribution in [0.25, 0.3) is 5.76 Å². The Morgan fingerprint density at radius 1 is 1.03 bits per heavy atom. The van der Waals surface area contributed by atoms with Gasteiger partial charge in [-0.05, 0) is 30.3 Å². The van der Waals surface area contributed by atoms with Gasteiger partial charge < -0.3 is 5.11 Å². The minimum atomic E-state index is -4.24. The van der Waals surface area contributed by atoms with E-state index in [4.69, 9.17) is 11.6 Å². The summed E-state index contributed by atoms with van der Waals surface area (Å²) in [5.41, 5.74) is -0.0335. The summed E-state index contributed by atoms with van der Waals surface area (Å²) in [5, 5.41) is 16.8. The maximum absolute atomic E-state index is 13.3. The number of ketones is 2. The van der Waals surface area contributed by atoms with Crippen LogP contribution in [-0.4, -0.2) is 44.2 Å². The molecule has 2 N–H and O–H groups in total. The van der Waals surface area contributed by atoms with Gasteiger partial charge in [0, 0.05) is 28.4 Å². The molecular weight excluding hydrogens is 468 g/mol. The van der Waals surface area contributed by atoms with E-state index in [-0.39, 0.29) is 27.5 Å². The summed E-state index contributed by atoms with van der Waals surface area (Å²) in [5.74, 6) is -1.94. The molecule has 0 aliphatic rings. The zero-order chi connectivity index (χ0) is 23.6. The smallest absolute Gasteiger partial charge is 0.268 e. The molecule has 0 amide bonds. The molecule has 4 rings (SSSR count). The summed E-state index contributed by atoms with van der Waals surface area (Å²) in [6.07, 6.45) is 3.05. The van der Waals surface area contributed by atoms with E-state index in [0.717, 1.165) is 22.6 Å². The van der Waals surface area contributed by atoms with Crippen molar-refractivity contribution in [3.05, 3.63) is 107 Å². The summed E-state index contributed by atoms with van der Waals surface area (Å²) < 4.78 is 27.4. The van der Waals surface area contributed by atoms with Crippen molar-refractivity contribution in [2.75, 3.05) is 0 Å². The molecule has 2 heterocycles. The minimum absolute atomic E-state index is 0.0558. The fourth-order valence-electron chi connectivity index (χ4n) is 3.01. The van der Waals surface area contributed by atoms with Gasteiger partial charge in [0.15, 0.2) is 5.82 Å². The third kappa shape index (κ3) is 4.47. The maximum Gasteiger partial charge on any atom is 0.268 e. The number of aliphatic hydroxyl groups excluding tert-OH is 1. The van der Waals surface area contributed by atoms with Gasteiger partial charge in [-0.2, -0.15) is 5.10 Å². The van der Waals surface area contributed by atoms with E-state index in [9.17, 15) is 23.1 Å². The van der Waals surface area contributed by atoms with Crippen molar-refractivity contribution in [3.8, 4) is 0 Å². The second-order valence-corrected chi connectivity index (χ2v) is 9.04. The van der Waals surface area contributed by atoms with Crippen LogP contribution >= 0.6 is 11.6 Å². The van der Waals surface area contributed by atoms with Crippen LogP contribution in [0.3, 0.4) is 0 Å². The number of rotatable bonds is 7. The highest BCUT2D eigenvalue weighted by Gasteiger charge is 2.26. The van der Waals surface area contributed by atoms with Crippen molar-refractivity contribution in [1.29, 1.82) is 0 Å². The number of carbonyl (C=O) groups excluding carboxylic acids is 2. The summed E-state index contributed by atoms with van der Waals surface area (Å²) in [6, 6.07) is 14.7. The van der Waals surface area contributed by atoms with E-state index in [1.165, 1.54) is 42.5 Å². The summed E-state index contributed by atoms with van der Waals surface area (Å²) in [6.45, 7) is 0. The number of hydrogen-bond acceptors (Lipinski definition) is 7. The van der Waals surface area contributed by atoms with Gasteiger partial charge >= 0.3 is 0 Å². The number of H-pyrrole nitrogens is 1. The lowest BCUT2D eigenvalue weighted by atomic mass is 10.1. The third-order valence-corrected chi connectivity index (χ3v) is 6.58. The quantitative estimate of drug-likeness (QED) is 0.234. The molecule has 4 aromatic rings. The standard InChI is InChI=1S/C22H15ClN4O5S/c23-16-6-8-17(9-7-16)33(31,32)27-12-15(19(28)11-20(29)22-24-13-25-26-22)10-18(27)21(30)14-4-2-1-3-5-14/h1-13,28H,(H,24,25,26). The molecule has 0 radical (unpaired) electrons. The van der Waals surface area contributed by atoms with Crippen LogP contribution in [0.15, 0.2) is 84.2 Å². The highest BCUT2D eigenvalue weighted by Crippen LogP contribution is 2.25. The number of nitrogens with one attached hydrogen (secondary N) is 1. The summed E-state index contributed by atoms with van der Waals surface area (Å²) in [4.78, 5) is 28.9. The van der Waals surface area contributed by atoms with E-state index >= 15 is 0 Å². The van der Waals surface area contributed by atoms with Crippen LogP contribution in [0.1, 0.15) is 32.2 Å². The number of hydrogen-bond donors (Lipinski definition) is 2. The molecule has 0 spiro atoms. The van der Waals surface area contributed by atoms with Crippen LogP contribution in [0.2, 0.25) is 5.02 Å². The number of carbonyl (C=O) groups is 2. The molecule has 9 nitrogen and oxygen atoms in total. The van der Waals surface area contributed by atoms with Gasteiger partial charge in [0.1, 0.15) is 17.8 Å². The first kappa shape index (κ1) is 22.2. The fourth-order valence-corrected chi connectivity index (χ4v) is 4.49. The Kier molecular flexibility index (Phi) is 5.95. The van der Waals surface area contributed by atoms with Crippen LogP contribution in [0.5, 0.6) is 0 Å². The summed E-state index contributed by atoms with van der Waals surface area (Å²) in [7, 11) is -4.24. The molecule has 166 valence electrons. The van der Waals surface area contributed by atoms with Crippen LogP contribution in [-0.2, 0) is 10.0 Å². The highest BCUT2D eigenvalue weighted by atomic mass is 35.5.